The predicted octanol–water partition coefficient (Wildman–Crippen LogP) is 3.09. The first-order valence-electron chi connectivity index (χ1n) is 4.45. The van der Waals surface area contributed by atoms with Crippen LogP contribution in [0.15, 0.2) is 12.1 Å². The van der Waals surface area contributed by atoms with Gasteiger partial charge in [-0.1, -0.05) is 23.2 Å². The minimum Gasteiger partial charge on any atom is -0.303 e. The van der Waals surface area contributed by atoms with Crippen LogP contribution in [-0.4, -0.2) is 0 Å². The minimum atomic E-state index is 0.267. The van der Waals surface area contributed by atoms with E-state index in [9.17, 15) is 0 Å². The van der Waals surface area contributed by atoms with Gasteiger partial charge >= 0.3 is 0 Å². The summed E-state index contributed by atoms with van der Waals surface area (Å²) in [6, 6.07) is 4.01. The van der Waals surface area contributed by atoms with E-state index in [1.54, 1.807) is 0 Å². The van der Waals surface area contributed by atoms with Crippen LogP contribution in [0.1, 0.15) is 24.0 Å². The standard InChI is InChI=1S/C10H9Cl2N/c11-8-3-6-5-13-10(1-2-10)7(6)4-9(8)12/h3-4,13H,1-2,5H2. The predicted molar refractivity (Wildman–Crippen MR) is 54.2 cm³/mol. The largest absolute Gasteiger partial charge is 0.303 e. The Morgan fingerprint density at radius 2 is 1.85 bits per heavy atom. The van der Waals surface area contributed by atoms with E-state index in [4.69, 9.17) is 23.2 Å². The number of fused-ring (bicyclic) bond motifs is 2. The maximum Gasteiger partial charge on any atom is 0.0595 e. The van der Waals surface area contributed by atoms with Gasteiger partial charge in [-0.05, 0) is 36.1 Å². The van der Waals surface area contributed by atoms with Gasteiger partial charge in [-0.25, -0.2) is 0 Å². The third-order valence-electron chi connectivity index (χ3n) is 3.03. The fourth-order valence-corrected chi connectivity index (χ4v) is 2.46. The molecule has 1 heterocycles. The highest BCUT2D eigenvalue weighted by Crippen LogP contribution is 2.51. The number of nitrogens with one attached hydrogen (secondary N) is 1. The molecule has 0 bridgehead atoms. The molecule has 1 aliphatic carbocycles. The van der Waals surface area contributed by atoms with Gasteiger partial charge in [0.05, 0.1) is 10.0 Å². The lowest BCUT2D eigenvalue weighted by molar-refractivity contribution is 0.574. The average molecular weight is 214 g/mol. The van der Waals surface area contributed by atoms with Crippen molar-refractivity contribution in [2.24, 2.45) is 0 Å². The van der Waals surface area contributed by atoms with Crippen molar-refractivity contribution in [3.8, 4) is 0 Å². The molecule has 0 saturated heterocycles. The topological polar surface area (TPSA) is 12.0 Å². The van der Waals surface area contributed by atoms with Gasteiger partial charge < -0.3 is 5.32 Å². The number of halogens is 2. The Morgan fingerprint density at radius 3 is 2.54 bits per heavy atom. The van der Waals surface area contributed by atoms with E-state index in [0.29, 0.717) is 10.0 Å². The molecule has 1 aromatic carbocycles. The van der Waals surface area contributed by atoms with E-state index in [2.05, 4.69) is 5.32 Å². The lowest BCUT2D eigenvalue weighted by Gasteiger charge is -2.08. The molecule has 13 heavy (non-hydrogen) atoms. The Hall–Kier alpha value is -0.240. The molecule has 0 aromatic heterocycles. The molecule has 1 saturated carbocycles. The number of benzene rings is 1. The molecule has 1 nitrogen and oxygen atoms in total. The van der Waals surface area contributed by atoms with Crippen LogP contribution in [0.4, 0.5) is 0 Å². The summed E-state index contributed by atoms with van der Waals surface area (Å²) in [5, 5.41) is 4.85. The van der Waals surface area contributed by atoms with Crippen LogP contribution >= 0.6 is 23.2 Å². The van der Waals surface area contributed by atoms with Crippen LogP contribution in [0.2, 0.25) is 10.0 Å². The van der Waals surface area contributed by atoms with Gasteiger partial charge in [-0.3, -0.25) is 0 Å². The first-order chi connectivity index (χ1) is 6.21. The zero-order valence-corrected chi connectivity index (χ0v) is 8.54. The van der Waals surface area contributed by atoms with Gasteiger partial charge in [0, 0.05) is 12.1 Å². The van der Waals surface area contributed by atoms with Crippen molar-refractivity contribution < 1.29 is 0 Å². The van der Waals surface area contributed by atoms with Crippen molar-refractivity contribution in [1.29, 1.82) is 0 Å². The summed E-state index contributed by atoms with van der Waals surface area (Å²) < 4.78 is 0. The summed E-state index contributed by atoms with van der Waals surface area (Å²) in [5.74, 6) is 0. The normalized spacial score (nSPS) is 22.0. The molecule has 3 heteroatoms. The third-order valence-corrected chi connectivity index (χ3v) is 3.75. The molecule has 0 radical (unpaired) electrons. The third kappa shape index (κ3) is 1.04. The fraction of sp³-hybridized carbons (Fsp3) is 0.400. The highest BCUT2D eigenvalue weighted by atomic mass is 35.5. The Balaban J connectivity index is 2.21. The first-order valence-corrected chi connectivity index (χ1v) is 5.20. The summed E-state index contributed by atoms with van der Waals surface area (Å²) in [6.45, 7) is 0.937. The number of rotatable bonds is 0. The van der Waals surface area contributed by atoms with Gasteiger partial charge in [-0.2, -0.15) is 0 Å². The number of hydrogen-bond donors (Lipinski definition) is 1. The molecule has 0 atom stereocenters. The van der Waals surface area contributed by atoms with Crippen molar-refractivity contribution in [2.45, 2.75) is 24.9 Å². The molecule has 2 aliphatic rings. The summed E-state index contributed by atoms with van der Waals surface area (Å²) in [6.07, 6.45) is 2.47. The van der Waals surface area contributed by atoms with Crippen LogP contribution < -0.4 is 5.32 Å². The molecule has 1 spiro atoms. The lowest BCUT2D eigenvalue weighted by atomic mass is 10.0. The van der Waals surface area contributed by atoms with Crippen LogP contribution in [0.3, 0.4) is 0 Å². The zero-order chi connectivity index (χ0) is 9.05. The van der Waals surface area contributed by atoms with E-state index in [1.807, 2.05) is 12.1 Å². The summed E-state index contributed by atoms with van der Waals surface area (Å²) in [5.41, 5.74) is 2.94. The zero-order valence-electron chi connectivity index (χ0n) is 7.03. The summed E-state index contributed by atoms with van der Waals surface area (Å²) in [4.78, 5) is 0. The van der Waals surface area contributed by atoms with Crippen LogP contribution in [0, 0.1) is 0 Å². The van der Waals surface area contributed by atoms with Crippen molar-refractivity contribution in [3.63, 3.8) is 0 Å². The van der Waals surface area contributed by atoms with Crippen molar-refractivity contribution >= 4 is 23.2 Å². The molecule has 1 aliphatic heterocycles. The van der Waals surface area contributed by atoms with Gasteiger partial charge in [0.2, 0.25) is 0 Å². The molecule has 0 amide bonds. The Kier molecular flexibility index (Phi) is 1.50. The molecule has 3 rings (SSSR count). The first kappa shape index (κ1) is 8.10. The van der Waals surface area contributed by atoms with E-state index < -0.39 is 0 Å². The number of hydrogen-bond acceptors (Lipinski definition) is 1. The van der Waals surface area contributed by atoms with Gasteiger partial charge in [-0.15, -0.1) is 0 Å². The monoisotopic (exact) mass is 213 g/mol. The average Bonchev–Trinajstić information content (AvgIpc) is 2.80. The second-order valence-corrected chi connectivity index (χ2v) is 4.67. The molecule has 1 aromatic rings. The SMILES string of the molecule is Clc1cc2c(cc1Cl)C1(CC1)NC2. The molecule has 1 fully saturated rings. The second-order valence-electron chi connectivity index (χ2n) is 3.86. The highest BCUT2D eigenvalue weighted by molar-refractivity contribution is 6.42. The quantitative estimate of drug-likeness (QED) is 0.699. The van der Waals surface area contributed by atoms with Gasteiger partial charge in [0.25, 0.3) is 0 Å². The molecule has 68 valence electrons. The molecular weight excluding hydrogens is 205 g/mol. The minimum absolute atomic E-state index is 0.267. The Morgan fingerprint density at radius 1 is 1.15 bits per heavy atom. The lowest BCUT2D eigenvalue weighted by Crippen LogP contribution is -2.19. The maximum absolute atomic E-state index is 5.99. The second kappa shape index (κ2) is 2.41. The summed E-state index contributed by atoms with van der Waals surface area (Å²) >= 11 is 11.9. The van der Waals surface area contributed by atoms with E-state index >= 15 is 0 Å². The van der Waals surface area contributed by atoms with E-state index in [0.717, 1.165) is 6.54 Å². The Labute approximate surface area is 87.0 Å². The van der Waals surface area contributed by atoms with Crippen molar-refractivity contribution in [3.05, 3.63) is 33.3 Å². The van der Waals surface area contributed by atoms with Crippen LogP contribution in [-0.2, 0) is 12.1 Å². The van der Waals surface area contributed by atoms with E-state index in [-0.39, 0.29) is 5.54 Å². The van der Waals surface area contributed by atoms with Gasteiger partial charge in [0.1, 0.15) is 0 Å². The van der Waals surface area contributed by atoms with Crippen molar-refractivity contribution in [1.82, 2.24) is 5.32 Å². The highest BCUT2D eigenvalue weighted by Gasteiger charge is 2.48. The molecule has 1 N–H and O–H groups in total. The van der Waals surface area contributed by atoms with E-state index in [1.165, 1.54) is 24.0 Å². The van der Waals surface area contributed by atoms with Gasteiger partial charge in [0.15, 0.2) is 0 Å². The molecular formula is C10H9Cl2N. The van der Waals surface area contributed by atoms with Crippen LogP contribution in [0.5, 0.6) is 0 Å². The smallest absolute Gasteiger partial charge is 0.0595 e. The Bertz CT molecular complexity index is 383. The fourth-order valence-electron chi connectivity index (χ4n) is 2.11. The van der Waals surface area contributed by atoms with Crippen molar-refractivity contribution in [2.75, 3.05) is 0 Å². The molecule has 0 unspecified atom stereocenters. The summed E-state index contributed by atoms with van der Waals surface area (Å²) in [7, 11) is 0. The van der Waals surface area contributed by atoms with Crippen LogP contribution in [0.25, 0.3) is 0 Å². The maximum atomic E-state index is 5.99.